The van der Waals surface area contributed by atoms with Gasteiger partial charge in [0.25, 0.3) is 0 Å². The molecule has 0 radical (unpaired) electrons. The van der Waals surface area contributed by atoms with Crippen molar-refractivity contribution in [1.29, 1.82) is 0 Å². The third-order valence-electron chi connectivity index (χ3n) is 6.95. The smallest absolute Gasteiger partial charge is 0.367 e. The molecule has 204 valence electrons. The molecule has 2 heterocycles. The highest BCUT2D eigenvalue weighted by atomic mass is 32.5. The predicted molar refractivity (Wildman–Crippen MR) is 132 cm³/mol. The van der Waals surface area contributed by atoms with Crippen molar-refractivity contribution in [2.75, 3.05) is 20.7 Å². The average molecular weight is 567 g/mol. The number of rotatable bonds is 8. The van der Waals surface area contributed by atoms with Gasteiger partial charge in [0.2, 0.25) is 6.57 Å². The summed E-state index contributed by atoms with van der Waals surface area (Å²) in [6.07, 6.45) is -6.22. The highest BCUT2D eigenvalue weighted by Crippen LogP contribution is 2.69. The standard InChI is InChI=1S/C25H29F6N2O2PS/c1-4-5-12-20-21(35-20)15-34-36(37)32(2)22(16-8-6-10-18(13-16)24(26,27)28)23(33(36)3)17-9-7-11-19(14-17)25(29,30)31/h6-11,13-14,20-23H,4-5,12,15H2,1-3H3/t20?,21?,22-,23-/m0/s1. The third kappa shape index (κ3) is 5.92. The summed E-state index contributed by atoms with van der Waals surface area (Å²) in [5.41, 5.74) is -1.08. The monoisotopic (exact) mass is 566 g/mol. The van der Waals surface area contributed by atoms with Gasteiger partial charge in [-0.2, -0.15) is 26.3 Å². The summed E-state index contributed by atoms with van der Waals surface area (Å²) < 4.78 is 96.5. The van der Waals surface area contributed by atoms with Crippen LogP contribution < -0.4 is 0 Å². The molecule has 4 rings (SSSR count). The number of halogens is 6. The Balaban J connectivity index is 1.71. The number of unbranched alkanes of at least 4 members (excludes halogenated alkanes) is 1. The van der Waals surface area contributed by atoms with E-state index in [0.717, 1.165) is 43.5 Å². The third-order valence-corrected chi connectivity index (χ3v) is 11.4. The van der Waals surface area contributed by atoms with Crippen LogP contribution in [-0.4, -0.2) is 42.3 Å². The molecule has 12 heteroatoms. The van der Waals surface area contributed by atoms with Crippen LogP contribution in [0.15, 0.2) is 48.5 Å². The number of nitrogens with zero attached hydrogens (tertiary/aromatic N) is 2. The first-order valence-electron chi connectivity index (χ1n) is 12.0. The zero-order valence-corrected chi connectivity index (χ0v) is 22.3. The molecule has 0 aliphatic carbocycles. The van der Waals surface area contributed by atoms with Crippen molar-refractivity contribution >= 4 is 18.4 Å². The van der Waals surface area contributed by atoms with Crippen LogP contribution in [0.5, 0.6) is 0 Å². The molecule has 0 N–H and O–H groups in total. The van der Waals surface area contributed by atoms with Gasteiger partial charge in [-0.1, -0.05) is 44.0 Å². The lowest BCUT2D eigenvalue weighted by Crippen LogP contribution is -2.22. The second-order valence-electron chi connectivity index (χ2n) is 9.43. The van der Waals surface area contributed by atoms with E-state index < -0.39 is 42.1 Å². The fraction of sp³-hybridized carbons (Fsp3) is 0.520. The summed E-state index contributed by atoms with van der Waals surface area (Å²) in [7, 11) is 3.33. The van der Waals surface area contributed by atoms with E-state index in [1.807, 2.05) is 0 Å². The Hall–Kier alpha value is -1.49. The van der Waals surface area contributed by atoms with Gasteiger partial charge in [-0.25, -0.2) is 9.34 Å². The van der Waals surface area contributed by atoms with Crippen LogP contribution in [0.25, 0.3) is 0 Å². The summed E-state index contributed by atoms with van der Waals surface area (Å²) in [6.45, 7) is -0.717. The molecule has 2 aliphatic heterocycles. The molecule has 37 heavy (non-hydrogen) atoms. The summed E-state index contributed by atoms with van der Waals surface area (Å²) in [4.78, 5) is 0. The second kappa shape index (κ2) is 10.6. The van der Waals surface area contributed by atoms with Gasteiger partial charge in [-0.15, -0.1) is 0 Å². The van der Waals surface area contributed by atoms with Crippen molar-refractivity contribution in [3.63, 3.8) is 0 Å². The normalized spacial score (nSPS) is 26.5. The molecule has 2 aliphatic rings. The average Bonchev–Trinajstić information content (AvgIpc) is 3.57. The first-order chi connectivity index (χ1) is 17.3. The van der Waals surface area contributed by atoms with E-state index in [1.54, 1.807) is 35.6 Å². The molecular weight excluding hydrogens is 537 g/mol. The lowest BCUT2D eigenvalue weighted by atomic mass is 9.91. The molecule has 2 fully saturated rings. The van der Waals surface area contributed by atoms with Crippen LogP contribution in [0.2, 0.25) is 0 Å². The molecule has 0 aromatic heterocycles. The highest BCUT2D eigenvalue weighted by molar-refractivity contribution is 8.10. The largest absolute Gasteiger partial charge is 0.416 e. The van der Waals surface area contributed by atoms with E-state index in [2.05, 4.69) is 6.92 Å². The Morgan fingerprint density at radius 1 is 0.865 bits per heavy atom. The van der Waals surface area contributed by atoms with Gasteiger partial charge >= 0.3 is 12.4 Å². The zero-order chi connectivity index (χ0) is 27.2. The maximum Gasteiger partial charge on any atom is 0.416 e. The van der Waals surface area contributed by atoms with E-state index in [1.165, 1.54) is 12.1 Å². The van der Waals surface area contributed by atoms with Gasteiger partial charge in [0, 0.05) is 0 Å². The minimum atomic E-state index is -4.57. The van der Waals surface area contributed by atoms with Gasteiger partial charge in [0.05, 0.1) is 35.9 Å². The van der Waals surface area contributed by atoms with E-state index >= 15 is 0 Å². The number of likely N-dealkylation sites (N-methyl/N-ethyl adjacent to an activating group) is 2. The maximum atomic E-state index is 13.5. The Bertz CT molecular complexity index is 1090. The minimum Gasteiger partial charge on any atom is -0.367 e. The molecule has 4 nitrogen and oxygen atoms in total. The fourth-order valence-corrected chi connectivity index (χ4v) is 7.97. The van der Waals surface area contributed by atoms with E-state index in [9.17, 15) is 26.3 Å². The van der Waals surface area contributed by atoms with Crippen molar-refractivity contribution in [2.24, 2.45) is 0 Å². The molecule has 2 unspecified atom stereocenters. The maximum absolute atomic E-state index is 13.5. The number of alkyl halides is 6. The molecule has 0 amide bonds. The quantitative estimate of drug-likeness (QED) is 0.187. The van der Waals surface area contributed by atoms with Gasteiger partial charge in [0.1, 0.15) is 6.10 Å². The van der Waals surface area contributed by atoms with Crippen LogP contribution in [-0.2, 0) is 33.4 Å². The van der Waals surface area contributed by atoms with Crippen LogP contribution in [0.4, 0.5) is 26.3 Å². The molecule has 0 bridgehead atoms. The van der Waals surface area contributed by atoms with E-state index in [-0.39, 0.29) is 18.8 Å². The van der Waals surface area contributed by atoms with Gasteiger partial charge in [-0.3, -0.25) is 0 Å². The van der Waals surface area contributed by atoms with Crippen LogP contribution in [0.3, 0.4) is 0 Å². The predicted octanol–water partition coefficient (Wildman–Crippen LogP) is 7.58. The first kappa shape index (κ1) is 28.5. The van der Waals surface area contributed by atoms with Crippen LogP contribution in [0, 0.1) is 0 Å². The van der Waals surface area contributed by atoms with Crippen LogP contribution >= 0.6 is 6.57 Å². The minimum absolute atomic E-state index is 0.0818. The van der Waals surface area contributed by atoms with E-state index in [0.29, 0.717) is 11.1 Å². The zero-order valence-electron chi connectivity index (χ0n) is 20.6. The number of hydrogen-bond acceptors (Lipinski definition) is 3. The van der Waals surface area contributed by atoms with E-state index in [4.69, 9.17) is 21.1 Å². The van der Waals surface area contributed by atoms with Crippen molar-refractivity contribution in [1.82, 2.24) is 9.34 Å². The molecule has 2 aromatic carbocycles. The fourth-order valence-electron chi connectivity index (χ4n) is 4.88. The summed E-state index contributed by atoms with van der Waals surface area (Å²) in [5.74, 6) is 0. The molecular formula is C25H29F6N2O2PS. The molecule has 2 saturated heterocycles. The Kier molecular flexibility index (Phi) is 8.16. The van der Waals surface area contributed by atoms with Gasteiger partial charge in [0.15, 0.2) is 0 Å². The van der Waals surface area contributed by atoms with Gasteiger partial charge in [-0.05, 0) is 67.7 Å². The summed E-state index contributed by atoms with van der Waals surface area (Å²) in [6, 6.07) is 8.15. The Morgan fingerprint density at radius 2 is 1.35 bits per heavy atom. The van der Waals surface area contributed by atoms with Crippen molar-refractivity contribution in [3.05, 3.63) is 70.8 Å². The lowest BCUT2D eigenvalue weighted by molar-refractivity contribution is -0.138. The van der Waals surface area contributed by atoms with Crippen molar-refractivity contribution < 1.29 is 35.6 Å². The highest BCUT2D eigenvalue weighted by Gasteiger charge is 2.52. The number of hydrogen-bond donors (Lipinski definition) is 0. The van der Waals surface area contributed by atoms with Crippen LogP contribution in [0.1, 0.15) is 60.5 Å². The Morgan fingerprint density at radius 3 is 1.78 bits per heavy atom. The lowest BCUT2D eigenvalue weighted by Gasteiger charge is -2.30. The topological polar surface area (TPSA) is 28.2 Å². The number of epoxide rings is 1. The summed E-state index contributed by atoms with van der Waals surface area (Å²) >= 11 is 5.99. The SMILES string of the molecule is CCCCC1OC1COP1(=S)N(C)[C@@H](c2cccc(C(F)(F)F)c2)[C@H](c2cccc(C(F)(F)F)c2)N1C. The molecule has 4 atom stereocenters. The number of ether oxygens (including phenoxy) is 1. The second-order valence-corrected chi connectivity index (χ2v) is 13.4. The number of benzene rings is 2. The molecule has 0 saturated carbocycles. The Labute approximate surface area is 217 Å². The van der Waals surface area contributed by atoms with Crippen molar-refractivity contribution in [3.8, 4) is 0 Å². The molecule has 0 spiro atoms. The van der Waals surface area contributed by atoms with Gasteiger partial charge < -0.3 is 9.26 Å². The first-order valence-corrected chi connectivity index (χ1v) is 14.6. The molecule has 2 aromatic rings. The van der Waals surface area contributed by atoms with Crippen molar-refractivity contribution in [2.45, 2.75) is 62.8 Å². The summed E-state index contributed by atoms with van der Waals surface area (Å²) in [5, 5.41) is 0.